The van der Waals surface area contributed by atoms with E-state index in [0.717, 1.165) is 41.5 Å². The number of hydrogen-bond acceptors (Lipinski definition) is 4. The van der Waals surface area contributed by atoms with Crippen molar-refractivity contribution >= 4 is 11.3 Å². The van der Waals surface area contributed by atoms with E-state index < -0.39 is 0 Å². The summed E-state index contributed by atoms with van der Waals surface area (Å²) < 4.78 is 5.57. The monoisotopic (exact) mass is 276 g/mol. The number of thiazole rings is 1. The van der Waals surface area contributed by atoms with Crippen LogP contribution in [0.5, 0.6) is 5.75 Å². The molecule has 2 rings (SSSR count). The summed E-state index contributed by atoms with van der Waals surface area (Å²) in [6, 6.07) is 8.11. The maximum atomic E-state index is 5.99. The smallest absolute Gasteiger partial charge is 0.119 e. The van der Waals surface area contributed by atoms with Crippen LogP contribution in [0.3, 0.4) is 0 Å². The Bertz CT molecular complexity index is 507. The molecule has 1 aromatic carbocycles. The molecular formula is C15H20N2OS. The number of aromatic nitrogens is 1. The highest BCUT2D eigenvalue weighted by Gasteiger charge is 2.10. The van der Waals surface area contributed by atoms with Gasteiger partial charge >= 0.3 is 0 Å². The Labute approximate surface area is 118 Å². The van der Waals surface area contributed by atoms with Gasteiger partial charge in [-0.15, -0.1) is 11.3 Å². The number of benzene rings is 1. The Hall–Kier alpha value is -1.39. The van der Waals surface area contributed by atoms with E-state index in [-0.39, 0.29) is 6.04 Å². The van der Waals surface area contributed by atoms with E-state index in [2.05, 4.69) is 24.2 Å². The normalized spacial score (nSPS) is 12.4. The molecule has 0 aliphatic heterocycles. The van der Waals surface area contributed by atoms with Crippen molar-refractivity contribution in [2.24, 2.45) is 5.73 Å². The predicted molar refractivity (Wildman–Crippen MR) is 80.6 cm³/mol. The first-order valence-electron chi connectivity index (χ1n) is 6.68. The maximum absolute atomic E-state index is 5.99. The van der Waals surface area contributed by atoms with E-state index in [9.17, 15) is 0 Å². The van der Waals surface area contributed by atoms with Crippen molar-refractivity contribution in [1.82, 2.24) is 4.98 Å². The second kappa shape index (κ2) is 6.68. The van der Waals surface area contributed by atoms with Gasteiger partial charge < -0.3 is 10.5 Å². The van der Waals surface area contributed by atoms with Crippen LogP contribution in [0.25, 0.3) is 11.3 Å². The summed E-state index contributed by atoms with van der Waals surface area (Å²) in [7, 11) is 0. The quantitative estimate of drug-likeness (QED) is 0.867. The van der Waals surface area contributed by atoms with Gasteiger partial charge in [0.05, 0.1) is 18.3 Å². The van der Waals surface area contributed by atoms with Crippen molar-refractivity contribution in [2.45, 2.75) is 32.7 Å². The summed E-state index contributed by atoms with van der Waals surface area (Å²) in [5, 5.41) is 3.07. The fraction of sp³-hybridized carbons (Fsp3) is 0.400. The molecule has 1 aromatic heterocycles. The van der Waals surface area contributed by atoms with Crippen LogP contribution in [0.4, 0.5) is 0 Å². The van der Waals surface area contributed by atoms with Crippen molar-refractivity contribution in [3.63, 3.8) is 0 Å². The number of hydrogen-bond donors (Lipinski definition) is 1. The molecule has 1 heterocycles. The third-order valence-corrected chi connectivity index (χ3v) is 3.88. The summed E-state index contributed by atoms with van der Waals surface area (Å²) in [5.41, 5.74) is 8.09. The Balaban J connectivity index is 2.11. The van der Waals surface area contributed by atoms with E-state index in [1.807, 2.05) is 24.3 Å². The lowest BCUT2D eigenvalue weighted by Gasteiger charge is -2.05. The van der Waals surface area contributed by atoms with Crippen molar-refractivity contribution in [1.29, 1.82) is 0 Å². The van der Waals surface area contributed by atoms with Crippen LogP contribution in [0.15, 0.2) is 29.6 Å². The third-order valence-electron chi connectivity index (χ3n) is 2.90. The summed E-state index contributed by atoms with van der Waals surface area (Å²) in [5.74, 6) is 0.909. The van der Waals surface area contributed by atoms with E-state index in [1.54, 1.807) is 11.3 Å². The molecule has 0 amide bonds. The van der Waals surface area contributed by atoms with Crippen LogP contribution in [0, 0.1) is 0 Å². The summed E-state index contributed by atoms with van der Waals surface area (Å²) in [6.07, 6.45) is 1.93. The van der Waals surface area contributed by atoms with Gasteiger partial charge in [-0.25, -0.2) is 4.98 Å². The number of nitrogens with zero attached hydrogens (tertiary/aromatic N) is 1. The van der Waals surface area contributed by atoms with Gasteiger partial charge in [-0.3, -0.25) is 0 Å². The molecule has 0 bridgehead atoms. The fourth-order valence-electron chi connectivity index (χ4n) is 1.71. The first-order valence-corrected chi connectivity index (χ1v) is 7.56. The molecule has 0 saturated carbocycles. The van der Waals surface area contributed by atoms with Crippen molar-refractivity contribution < 1.29 is 4.74 Å². The molecule has 102 valence electrons. The molecule has 19 heavy (non-hydrogen) atoms. The average molecular weight is 276 g/mol. The Morgan fingerprint density at radius 2 is 2.00 bits per heavy atom. The minimum absolute atomic E-state index is 0.0471. The summed E-state index contributed by atoms with van der Waals surface area (Å²) in [4.78, 5) is 4.60. The largest absolute Gasteiger partial charge is 0.494 e. The second-order valence-corrected chi connectivity index (χ2v) is 5.35. The minimum Gasteiger partial charge on any atom is -0.494 e. The van der Waals surface area contributed by atoms with Gasteiger partial charge in [0.2, 0.25) is 0 Å². The van der Waals surface area contributed by atoms with Gasteiger partial charge in [0.25, 0.3) is 0 Å². The van der Waals surface area contributed by atoms with Crippen LogP contribution in [-0.4, -0.2) is 11.6 Å². The van der Waals surface area contributed by atoms with Crippen molar-refractivity contribution in [2.75, 3.05) is 6.61 Å². The predicted octanol–water partition coefficient (Wildman–Crippen LogP) is 4.01. The SMILES string of the molecule is CCCOc1ccc(-c2csc(C(N)CC)n2)cc1. The first kappa shape index (κ1) is 14.0. The van der Waals surface area contributed by atoms with Crippen LogP contribution >= 0.6 is 11.3 Å². The zero-order chi connectivity index (χ0) is 13.7. The molecule has 0 saturated heterocycles. The molecule has 0 spiro atoms. The van der Waals surface area contributed by atoms with Crippen molar-refractivity contribution in [3.05, 3.63) is 34.7 Å². The molecule has 4 heteroatoms. The number of rotatable bonds is 6. The van der Waals surface area contributed by atoms with E-state index >= 15 is 0 Å². The molecule has 1 atom stereocenters. The Morgan fingerprint density at radius 3 is 2.63 bits per heavy atom. The molecular weight excluding hydrogens is 256 g/mol. The minimum atomic E-state index is 0.0471. The van der Waals surface area contributed by atoms with E-state index in [0.29, 0.717) is 0 Å². The second-order valence-electron chi connectivity index (χ2n) is 4.46. The lowest BCUT2D eigenvalue weighted by Crippen LogP contribution is -2.07. The lowest BCUT2D eigenvalue weighted by molar-refractivity contribution is 0.317. The van der Waals surface area contributed by atoms with Crippen LogP contribution in [-0.2, 0) is 0 Å². The molecule has 0 fully saturated rings. The first-order chi connectivity index (χ1) is 9.24. The molecule has 2 N–H and O–H groups in total. The average Bonchev–Trinajstić information content (AvgIpc) is 2.94. The number of nitrogens with two attached hydrogens (primary N) is 1. The molecule has 1 unspecified atom stereocenters. The van der Waals surface area contributed by atoms with Crippen LogP contribution < -0.4 is 10.5 Å². The van der Waals surface area contributed by atoms with Gasteiger partial charge in [-0.05, 0) is 37.1 Å². The van der Waals surface area contributed by atoms with Crippen molar-refractivity contribution in [3.8, 4) is 17.0 Å². The Morgan fingerprint density at radius 1 is 1.26 bits per heavy atom. The lowest BCUT2D eigenvalue weighted by atomic mass is 10.1. The van der Waals surface area contributed by atoms with Gasteiger partial charge in [-0.1, -0.05) is 13.8 Å². The van der Waals surface area contributed by atoms with Gasteiger partial charge in [0.1, 0.15) is 10.8 Å². The maximum Gasteiger partial charge on any atom is 0.119 e. The zero-order valence-electron chi connectivity index (χ0n) is 11.4. The molecule has 2 aromatic rings. The standard InChI is InChI=1S/C15H20N2OS/c1-3-9-18-12-7-5-11(6-8-12)14-10-19-15(17-14)13(16)4-2/h5-8,10,13H,3-4,9,16H2,1-2H3. The molecule has 0 radical (unpaired) electrons. The van der Waals surface area contributed by atoms with Gasteiger partial charge in [0.15, 0.2) is 0 Å². The topological polar surface area (TPSA) is 48.1 Å². The summed E-state index contributed by atoms with van der Waals surface area (Å²) in [6.45, 7) is 4.93. The fourth-order valence-corrected chi connectivity index (χ4v) is 2.62. The number of ether oxygens (including phenoxy) is 1. The summed E-state index contributed by atoms with van der Waals surface area (Å²) >= 11 is 1.63. The van der Waals surface area contributed by atoms with Crippen LogP contribution in [0.2, 0.25) is 0 Å². The zero-order valence-corrected chi connectivity index (χ0v) is 12.2. The molecule has 0 aliphatic carbocycles. The van der Waals surface area contributed by atoms with Gasteiger partial charge in [-0.2, -0.15) is 0 Å². The Kier molecular flexibility index (Phi) is 4.93. The van der Waals surface area contributed by atoms with E-state index in [4.69, 9.17) is 10.5 Å². The molecule has 3 nitrogen and oxygen atoms in total. The highest BCUT2D eigenvalue weighted by atomic mass is 32.1. The molecule has 0 aliphatic rings. The van der Waals surface area contributed by atoms with Crippen LogP contribution in [0.1, 0.15) is 37.7 Å². The highest BCUT2D eigenvalue weighted by molar-refractivity contribution is 7.10. The third kappa shape index (κ3) is 3.55. The van der Waals surface area contributed by atoms with Gasteiger partial charge in [0, 0.05) is 10.9 Å². The van der Waals surface area contributed by atoms with E-state index in [1.165, 1.54) is 0 Å². The highest BCUT2D eigenvalue weighted by Crippen LogP contribution is 2.27.